The molecule has 0 radical (unpaired) electrons. The summed E-state index contributed by atoms with van der Waals surface area (Å²) in [6.45, 7) is 3.73. The molecule has 1 fully saturated rings. The van der Waals surface area contributed by atoms with E-state index in [1.54, 1.807) is 24.3 Å². The van der Waals surface area contributed by atoms with Gasteiger partial charge in [-0.1, -0.05) is 36.4 Å². The van der Waals surface area contributed by atoms with Gasteiger partial charge in [-0.05, 0) is 55.0 Å². The summed E-state index contributed by atoms with van der Waals surface area (Å²) in [4.78, 5) is 12.4. The maximum atomic E-state index is 12.2. The zero-order valence-corrected chi connectivity index (χ0v) is 17.5. The Morgan fingerprint density at radius 3 is 2.24 bits per heavy atom. The highest BCUT2D eigenvalue weighted by atomic mass is 32.2. The number of hydrogen-bond donors (Lipinski definition) is 2. The van der Waals surface area contributed by atoms with E-state index < -0.39 is 10.0 Å². The van der Waals surface area contributed by atoms with Crippen LogP contribution in [0.2, 0.25) is 0 Å². The Hall–Kier alpha value is -2.22. The van der Waals surface area contributed by atoms with Gasteiger partial charge in [0, 0.05) is 25.6 Å². The van der Waals surface area contributed by atoms with Crippen LogP contribution < -0.4 is 10.0 Å². The molecule has 0 atom stereocenters. The molecular formula is C22H28N2O4S. The molecule has 0 heterocycles. The number of carbonyl (C=O) groups is 1. The van der Waals surface area contributed by atoms with Crippen LogP contribution in [0.25, 0.3) is 0 Å². The zero-order chi connectivity index (χ0) is 20.7. The second kappa shape index (κ2) is 10.0. The summed E-state index contributed by atoms with van der Waals surface area (Å²) < 4.78 is 32.4. The molecule has 2 aromatic rings. The first-order chi connectivity index (χ1) is 14.0. The van der Waals surface area contributed by atoms with Crippen LogP contribution in [0.5, 0.6) is 0 Å². The summed E-state index contributed by atoms with van der Waals surface area (Å²) in [5, 5.41) is 2.92. The van der Waals surface area contributed by atoms with E-state index in [-0.39, 0.29) is 16.8 Å². The van der Waals surface area contributed by atoms with Gasteiger partial charge in [-0.25, -0.2) is 13.1 Å². The molecule has 1 aliphatic rings. The second-order valence-corrected chi connectivity index (χ2v) is 8.98. The average molecular weight is 417 g/mol. The molecule has 156 valence electrons. The van der Waals surface area contributed by atoms with Crippen molar-refractivity contribution < 1.29 is 17.9 Å². The fraction of sp³-hybridized carbons (Fsp3) is 0.409. The molecule has 1 aliphatic carbocycles. The van der Waals surface area contributed by atoms with Crippen molar-refractivity contribution >= 4 is 15.9 Å². The second-order valence-electron chi connectivity index (χ2n) is 7.27. The molecule has 7 heteroatoms. The Kier molecular flexibility index (Phi) is 7.41. The number of nitrogens with one attached hydrogen (secondary N) is 2. The molecule has 6 nitrogen and oxygen atoms in total. The fourth-order valence-electron chi connectivity index (χ4n) is 2.84. The number of aryl methyl sites for hydroxylation is 1. The van der Waals surface area contributed by atoms with Crippen LogP contribution in [0.4, 0.5) is 0 Å². The van der Waals surface area contributed by atoms with E-state index >= 15 is 0 Å². The first-order valence-electron chi connectivity index (χ1n) is 10.00. The van der Waals surface area contributed by atoms with Crippen LogP contribution in [0, 0.1) is 0 Å². The Morgan fingerprint density at radius 2 is 1.62 bits per heavy atom. The molecule has 0 aliphatic heterocycles. The lowest BCUT2D eigenvalue weighted by atomic mass is 10.1. The summed E-state index contributed by atoms with van der Waals surface area (Å²) >= 11 is 0. The van der Waals surface area contributed by atoms with Crippen molar-refractivity contribution in [2.75, 3.05) is 6.61 Å². The molecule has 0 bridgehead atoms. The SMILES string of the molecule is CCOCc1ccc(CNC(=O)CCc2ccc(S(=O)(=O)NC3CC3)cc2)cc1. The van der Waals surface area contributed by atoms with E-state index in [9.17, 15) is 13.2 Å². The van der Waals surface area contributed by atoms with Crippen LogP contribution in [-0.2, 0) is 39.1 Å². The molecule has 2 N–H and O–H groups in total. The lowest BCUT2D eigenvalue weighted by molar-refractivity contribution is -0.121. The van der Waals surface area contributed by atoms with Crippen molar-refractivity contribution in [3.63, 3.8) is 0 Å². The summed E-state index contributed by atoms with van der Waals surface area (Å²) in [6, 6.07) is 14.8. The summed E-state index contributed by atoms with van der Waals surface area (Å²) in [7, 11) is -3.43. The first kappa shape index (κ1) is 21.5. The molecular weight excluding hydrogens is 388 g/mol. The molecule has 0 unspecified atom stereocenters. The number of ether oxygens (including phenoxy) is 1. The van der Waals surface area contributed by atoms with Crippen LogP contribution >= 0.6 is 0 Å². The molecule has 3 rings (SSSR count). The zero-order valence-electron chi connectivity index (χ0n) is 16.7. The average Bonchev–Trinajstić information content (AvgIpc) is 3.53. The van der Waals surface area contributed by atoms with Gasteiger partial charge in [0.1, 0.15) is 0 Å². The van der Waals surface area contributed by atoms with Gasteiger partial charge in [0.15, 0.2) is 0 Å². The molecule has 0 saturated heterocycles. The highest BCUT2D eigenvalue weighted by Gasteiger charge is 2.27. The van der Waals surface area contributed by atoms with Gasteiger partial charge in [-0.2, -0.15) is 0 Å². The Labute approximate surface area is 172 Å². The summed E-state index contributed by atoms with van der Waals surface area (Å²) in [5.41, 5.74) is 3.09. The number of carbonyl (C=O) groups excluding carboxylic acids is 1. The summed E-state index contributed by atoms with van der Waals surface area (Å²) in [6.07, 6.45) is 2.73. The third kappa shape index (κ3) is 6.96. The largest absolute Gasteiger partial charge is 0.377 e. The van der Waals surface area contributed by atoms with Crippen LogP contribution in [0.15, 0.2) is 53.4 Å². The molecule has 2 aromatic carbocycles. The normalized spacial score (nSPS) is 14.0. The van der Waals surface area contributed by atoms with Gasteiger partial charge in [0.05, 0.1) is 11.5 Å². The fourth-order valence-corrected chi connectivity index (χ4v) is 4.15. The van der Waals surface area contributed by atoms with Crippen molar-refractivity contribution in [2.45, 2.75) is 56.7 Å². The van der Waals surface area contributed by atoms with Crippen molar-refractivity contribution in [3.05, 3.63) is 65.2 Å². The third-order valence-corrected chi connectivity index (χ3v) is 6.30. The number of hydrogen-bond acceptors (Lipinski definition) is 4. The number of sulfonamides is 1. The van der Waals surface area contributed by atoms with Crippen LogP contribution in [0.3, 0.4) is 0 Å². The molecule has 1 amide bonds. The third-order valence-electron chi connectivity index (χ3n) is 4.76. The van der Waals surface area contributed by atoms with Gasteiger partial charge >= 0.3 is 0 Å². The monoisotopic (exact) mass is 416 g/mol. The lowest BCUT2D eigenvalue weighted by Crippen LogP contribution is -2.25. The highest BCUT2D eigenvalue weighted by molar-refractivity contribution is 7.89. The maximum Gasteiger partial charge on any atom is 0.240 e. The van der Waals surface area contributed by atoms with Crippen molar-refractivity contribution in [1.29, 1.82) is 0 Å². The van der Waals surface area contributed by atoms with E-state index in [0.717, 1.165) is 29.5 Å². The topological polar surface area (TPSA) is 84.5 Å². The molecule has 0 spiro atoms. The lowest BCUT2D eigenvalue weighted by Gasteiger charge is -2.08. The van der Waals surface area contributed by atoms with Crippen molar-refractivity contribution in [3.8, 4) is 0 Å². The first-order valence-corrected chi connectivity index (χ1v) is 11.5. The Morgan fingerprint density at radius 1 is 1.00 bits per heavy atom. The summed E-state index contributed by atoms with van der Waals surface area (Å²) in [5.74, 6) is -0.0320. The van der Waals surface area contributed by atoms with E-state index in [2.05, 4.69) is 10.0 Å². The van der Waals surface area contributed by atoms with E-state index in [1.165, 1.54) is 0 Å². The predicted octanol–water partition coefficient (Wildman–Crippen LogP) is 2.91. The highest BCUT2D eigenvalue weighted by Crippen LogP contribution is 2.22. The Balaban J connectivity index is 1.42. The van der Waals surface area contributed by atoms with Crippen LogP contribution in [0.1, 0.15) is 42.9 Å². The van der Waals surface area contributed by atoms with Gasteiger partial charge in [-0.3, -0.25) is 4.79 Å². The smallest absolute Gasteiger partial charge is 0.240 e. The van der Waals surface area contributed by atoms with E-state index in [1.807, 2.05) is 31.2 Å². The molecule has 29 heavy (non-hydrogen) atoms. The standard InChI is InChI=1S/C22H28N2O4S/c1-2-28-16-19-5-3-18(4-6-19)15-23-22(25)14-9-17-7-12-21(13-8-17)29(26,27)24-20-10-11-20/h3-8,12-13,20,24H,2,9-11,14-16H2,1H3,(H,23,25). The molecule has 1 saturated carbocycles. The van der Waals surface area contributed by atoms with Gasteiger partial charge in [-0.15, -0.1) is 0 Å². The number of rotatable bonds is 11. The minimum absolute atomic E-state index is 0.0320. The van der Waals surface area contributed by atoms with Gasteiger partial charge in [0.2, 0.25) is 15.9 Å². The van der Waals surface area contributed by atoms with Crippen molar-refractivity contribution in [2.24, 2.45) is 0 Å². The predicted molar refractivity (Wildman–Crippen MR) is 112 cm³/mol. The molecule has 0 aromatic heterocycles. The Bertz CT molecular complexity index is 905. The maximum absolute atomic E-state index is 12.2. The van der Waals surface area contributed by atoms with Crippen molar-refractivity contribution in [1.82, 2.24) is 10.0 Å². The van der Waals surface area contributed by atoms with Gasteiger partial charge in [0.25, 0.3) is 0 Å². The minimum atomic E-state index is -3.43. The van der Waals surface area contributed by atoms with Gasteiger partial charge < -0.3 is 10.1 Å². The van der Waals surface area contributed by atoms with Crippen LogP contribution in [-0.4, -0.2) is 27.0 Å². The minimum Gasteiger partial charge on any atom is -0.377 e. The van der Waals surface area contributed by atoms with E-state index in [0.29, 0.717) is 32.6 Å². The number of benzene rings is 2. The quantitative estimate of drug-likeness (QED) is 0.590. The number of amides is 1. The van der Waals surface area contributed by atoms with E-state index in [4.69, 9.17) is 4.74 Å².